The van der Waals surface area contributed by atoms with E-state index in [0.717, 1.165) is 43.5 Å². The highest BCUT2D eigenvalue weighted by Gasteiger charge is 2.14. The van der Waals surface area contributed by atoms with E-state index in [9.17, 15) is 4.79 Å². The third-order valence-corrected chi connectivity index (χ3v) is 5.13. The minimum Gasteiger partial charge on any atom is -0.357 e. The van der Waals surface area contributed by atoms with Crippen molar-refractivity contribution in [1.29, 1.82) is 0 Å². The molecule has 2 rings (SSSR count). The fraction of sp³-hybridized carbons (Fsp3) is 0.667. The first-order valence-electron chi connectivity index (χ1n) is 10.3. The predicted octanol–water partition coefficient (Wildman–Crippen LogP) is 2.61. The molecule has 0 aromatic carbocycles. The van der Waals surface area contributed by atoms with Gasteiger partial charge in [0.15, 0.2) is 5.96 Å². The lowest BCUT2D eigenvalue weighted by Gasteiger charge is -2.17. The number of pyridine rings is 1. The lowest BCUT2D eigenvalue weighted by molar-refractivity contribution is -0.128. The summed E-state index contributed by atoms with van der Waals surface area (Å²) in [5.74, 6) is 1.67. The average Bonchev–Trinajstić information content (AvgIpc) is 3.21. The Labute approximate surface area is 163 Å². The zero-order chi connectivity index (χ0) is 19.3. The first kappa shape index (κ1) is 21.2. The molecule has 27 heavy (non-hydrogen) atoms. The fourth-order valence-electron chi connectivity index (χ4n) is 3.46. The van der Waals surface area contributed by atoms with Crippen molar-refractivity contribution in [2.24, 2.45) is 10.9 Å². The van der Waals surface area contributed by atoms with Crippen LogP contribution in [-0.4, -0.2) is 55.0 Å². The number of rotatable bonds is 10. The maximum atomic E-state index is 12.3. The molecule has 1 fully saturated rings. The van der Waals surface area contributed by atoms with E-state index < -0.39 is 0 Å². The van der Waals surface area contributed by atoms with Gasteiger partial charge in [-0.2, -0.15) is 0 Å². The molecule has 6 heteroatoms. The van der Waals surface area contributed by atoms with Crippen molar-refractivity contribution >= 4 is 11.9 Å². The number of likely N-dealkylation sites (N-methyl/N-ethyl adjacent to an activating group) is 1. The maximum Gasteiger partial charge on any atom is 0.244 e. The normalized spacial score (nSPS) is 15.0. The van der Waals surface area contributed by atoms with Crippen LogP contribution in [0.2, 0.25) is 0 Å². The molecular formula is C21H35N5O. The number of nitrogens with one attached hydrogen (secondary N) is 2. The topological polar surface area (TPSA) is 69.6 Å². The summed E-state index contributed by atoms with van der Waals surface area (Å²) in [6.07, 6.45) is 10.6. The van der Waals surface area contributed by atoms with Gasteiger partial charge in [-0.3, -0.25) is 9.78 Å². The molecule has 1 saturated carbocycles. The van der Waals surface area contributed by atoms with Crippen molar-refractivity contribution in [3.8, 4) is 0 Å². The second-order valence-corrected chi connectivity index (χ2v) is 7.30. The Morgan fingerprint density at radius 3 is 2.81 bits per heavy atom. The van der Waals surface area contributed by atoms with Crippen LogP contribution in [-0.2, 0) is 11.2 Å². The van der Waals surface area contributed by atoms with Crippen molar-refractivity contribution in [2.45, 2.75) is 51.9 Å². The third-order valence-electron chi connectivity index (χ3n) is 5.13. The summed E-state index contributed by atoms with van der Waals surface area (Å²) in [4.78, 5) is 22.8. The minimum atomic E-state index is 0.0223. The van der Waals surface area contributed by atoms with Crippen LogP contribution in [0, 0.1) is 5.92 Å². The van der Waals surface area contributed by atoms with Gasteiger partial charge in [0.05, 0.1) is 0 Å². The molecule has 0 radical (unpaired) electrons. The number of guanidine groups is 1. The monoisotopic (exact) mass is 373 g/mol. The van der Waals surface area contributed by atoms with Crippen molar-refractivity contribution < 1.29 is 4.79 Å². The zero-order valence-corrected chi connectivity index (χ0v) is 16.9. The number of hydrogen-bond acceptors (Lipinski definition) is 3. The average molecular weight is 374 g/mol. The molecule has 0 atom stereocenters. The summed E-state index contributed by atoms with van der Waals surface area (Å²) < 4.78 is 0. The summed E-state index contributed by atoms with van der Waals surface area (Å²) in [5, 5.41) is 6.58. The molecule has 1 aromatic heterocycles. The van der Waals surface area contributed by atoms with Crippen molar-refractivity contribution in [3.05, 3.63) is 30.1 Å². The zero-order valence-electron chi connectivity index (χ0n) is 16.9. The standard InChI is InChI=1S/C21H35N5O/c1-3-22-21(24-15-8-11-18-9-4-5-10-18)25-17-20(27)26(2)16-13-19-12-6-7-14-23-19/h6-7,12,14,18H,3-5,8-11,13,15-17H2,1-2H3,(H2,22,24,25). The van der Waals surface area contributed by atoms with Crippen LogP contribution in [0.15, 0.2) is 29.4 Å². The molecule has 1 aliphatic rings. The molecule has 0 aliphatic heterocycles. The molecule has 0 bridgehead atoms. The largest absolute Gasteiger partial charge is 0.357 e. The van der Waals surface area contributed by atoms with Crippen LogP contribution in [0.5, 0.6) is 0 Å². The number of amides is 1. The molecule has 1 heterocycles. The molecule has 1 amide bonds. The number of aliphatic imine (C=N–C) groups is 1. The molecule has 0 saturated heterocycles. The van der Waals surface area contributed by atoms with E-state index in [1.165, 1.54) is 32.1 Å². The number of carbonyl (C=O) groups excluding carboxylic acids is 1. The molecule has 1 aromatic rings. The van der Waals surface area contributed by atoms with Crippen molar-refractivity contribution in [2.75, 3.05) is 33.2 Å². The SMILES string of the molecule is CCNC(=NCC(=O)N(C)CCc1ccccn1)NCCCC1CCCC1. The van der Waals surface area contributed by atoms with E-state index in [0.29, 0.717) is 6.54 Å². The lowest BCUT2D eigenvalue weighted by Crippen LogP contribution is -2.39. The van der Waals surface area contributed by atoms with Crippen LogP contribution in [0.1, 0.15) is 51.1 Å². The second-order valence-electron chi connectivity index (χ2n) is 7.30. The molecule has 1 aliphatic carbocycles. The van der Waals surface area contributed by atoms with Gasteiger partial charge in [-0.15, -0.1) is 0 Å². The van der Waals surface area contributed by atoms with E-state index in [1.54, 1.807) is 11.1 Å². The minimum absolute atomic E-state index is 0.0223. The maximum absolute atomic E-state index is 12.3. The van der Waals surface area contributed by atoms with Gasteiger partial charge < -0.3 is 15.5 Å². The Morgan fingerprint density at radius 1 is 1.30 bits per heavy atom. The van der Waals surface area contributed by atoms with Crippen LogP contribution in [0.4, 0.5) is 0 Å². The number of aromatic nitrogens is 1. The summed E-state index contributed by atoms with van der Waals surface area (Å²) in [6.45, 7) is 4.55. The van der Waals surface area contributed by atoms with Crippen LogP contribution >= 0.6 is 0 Å². The highest BCUT2D eigenvalue weighted by molar-refractivity contribution is 5.84. The molecule has 0 spiro atoms. The van der Waals surface area contributed by atoms with E-state index in [4.69, 9.17) is 0 Å². The van der Waals surface area contributed by atoms with Crippen molar-refractivity contribution in [1.82, 2.24) is 20.5 Å². The van der Waals surface area contributed by atoms with E-state index in [2.05, 4.69) is 20.6 Å². The Kier molecular flexibility index (Phi) is 9.66. The molecule has 150 valence electrons. The fourth-order valence-corrected chi connectivity index (χ4v) is 3.46. The Bertz CT molecular complexity index is 569. The van der Waals surface area contributed by atoms with Gasteiger partial charge in [-0.25, -0.2) is 4.99 Å². The number of nitrogens with zero attached hydrogens (tertiary/aromatic N) is 3. The number of carbonyl (C=O) groups is 1. The number of hydrogen-bond donors (Lipinski definition) is 2. The quantitative estimate of drug-likeness (QED) is 0.376. The molecule has 0 unspecified atom stereocenters. The van der Waals surface area contributed by atoms with Gasteiger partial charge >= 0.3 is 0 Å². The first-order valence-corrected chi connectivity index (χ1v) is 10.3. The third kappa shape index (κ3) is 8.41. The Balaban J connectivity index is 1.68. The van der Waals surface area contributed by atoms with Gasteiger partial charge in [0.2, 0.25) is 5.91 Å². The van der Waals surface area contributed by atoms with Crippen LogP contribution < -0.4 is 10.6 Å². The van der Waals surface area contributed by atoms with E-state index >= 15 is 0 Å². The predicted molar refractivity (Wildman–Crippen MR) is 111 cm³/mol. The molecular weight excluding hydrogens is 338 g/mol. The van der Waals surface area contributed by atoms with Gasteiger partial charge in [0.1, 0.15) is 6.54 Å². The van der Waals surface area contributed by atoms with Gasteiger partial charge in [-0.1, -0.05) is 31.7 Å². The smallest absolute Gasteiger partial charge is 0.244 e. The summed E-state index contributed by atoms with van der Waals surface area (Å²) in [6, 6.07) is 5.85. The van der Waals surface area contributed by atoms with Crippen LogP contribution in [0.3, 0.4) is 0 Å². The van der Waals surface area contributed by atoms with Gasteiger partial charge in [-0.05, 0) is 37.8 Å². The van der Waals surface area contributed by atoms with E-state index in [-0.39, 0.29) is 12.5 Å². The van der Waals surface area contributed by atoms with Crippen LogP contribution in [0.25, 0.3) is 0 Å². The van der Waals surface area contributed by atoms with E-state index in [1.807, 2.05) is 32.2 Å². The summed E-state index contributed by atoms with van der Waals surface area (Å²) in [5.41, 5.74) is 0.998. The molecule has 6 nitrogen and oxygen atoms in total. The highest BCUT2D eigenvalue weighted by atomic mass is 16.2. The first-order chi connectivity index (χ1) is 13.2. The Hall–Kier alpha value is -2.11. The Morgan fingerprint density at radius 2 is 2.11 bits per heavy atom. The lowest BCUT2D eigenvalue weighted by atomic mass is 10.0. The highest BCUT2D eigenvalue weighted by Crippen LogP contribution is 2.28. The van der Waals surface area contributed by atoms with Gasteiger partial charge in [0, 0.05) is 45.0 Å². The molecule has 2 N–H and O–H groups in total. The summed E-state index contributed by atoms with van der Waals surface area (Å²) in [7, 11) is 1.82. The van der Waals surface area contributed by atoms with Gasteiger partial charge in [0.25, 0.3) is 0 Å². The summed E-state index contributed by atoms with van der Waals surface area (Å²) >= 11 is 0. The second kappa shape index (κ2) is 12.3. The van der Waals surface area contributed by atoms with Crippen molar-refractivity contribution in [3.63, 3.8) is 0 Å².